The van der Waals surface area contributed by atoms with Gasteiger partial charge in [0.2, 0.25) is 0 Å². The van der Waals surface area contributed by atoms with Crippen LogP contribution < -0.4 is 0 Å². The van der Waals surface area contributed by atoms with Crippen LogP contribution in [0.4, 0.5) is 0 Å². The average molecular weight is 313 g/mol. The zero-order valence-electron chi connectivity index (χ0n) is 10.8. The van der Waals surface area contributed by atoms with Crippen LogP contribution in [-0.4, -0.2) is 19.6 Å². The molecule has 102 valence electrons. The summed E-state index contributed by atoms with van der Waals surface area (Å²) in [7, 11) is 0. The highest BCUT2D eigenvalue weighted by Crippen LogP contribution is 2.34. The molecule has 4 heterocycles. The Bertz CT molecular complexity index is 900. The number of fused-ring (bicyclic) bond motifs is 1. The Kier molecular flexibility index (Phi) is 2.94. The van der Waals surface area contributed by atoms with Gasteiger partial charge in [-0.05, 0) is 35.7 Å². The van der Waals surface area contributed by atoms with Crippen LogP contribution in [0.5, 0.6) is 0 Å². The normalized spacial score (nSPS) is 11.1. The van der Waals surface area contributed by atoms with E-state index in [0.29, 0.717) is 5.15 Å². The zero-order chi connectivity index (χ0) is 14.2. The summed E-state index contributed by atoms with van der Waals surface area (Å²) in [4.78, 5) is 9.88. The minimum Gasteiger partial charge on any atom is -0.265 e. The first-order valence-electron chi connectivity index (χ1n) is 6.32. The van der Waals surface area contributed by atoms with E-state index in [2.05, 4.69) is 16.1 Å². The minimum atomic E-state index is 0.438. The summed E-state index contributed by atoms with van der Waals surface area (Å²) < 4.78 is 1.78. The summed E-state index contributed by atoms with van der Waals surface area (Å²) in [5.74, 6) is 0. The highest BCUT2D eigenvalue weighted by Gasteiger charge is 2.17. The second-order valence-corrected chi connectivity index (χ2v) is 5.78. The summed E-state index contributed by atoms with van der Waals surface area (Å²) in [6.07, 6.45) is 3.52. The molecular weight excluding hydrogens is 304 g/mol. The van der Waals surface area contributed by atoms with Gasteiger partial charge < -0.3 is 0 Å². The van der Waals surface area contributed by atoms with Gasteiger partial charge in [0.25, 0.3) is 0 Å². The minimum absolute atomic E-state index is 0.438. The van der Waals surface area contributed by atoms with E-state index in [1.54, 1.807) is 34.3 Å². The first kappa shape index (κ1) is 12.5. The van der Waals surface area contributed by atoms with E-state index in [4.69, 9.17) is 16.6 Å². The molecule has 0 bridgehead atoms. The molecule has 0 saturated heterocycles. The van der Waals surface area contributed by atoms with Crippen molar-refractivity contribution >= 4 is 28.6 Å². The molecule has 4 aromatic rings. The van der Waals surface area contributed by atoms with E-state index in [-0.39, 0.29) is 0 Å². The molecule has 0 aliphatic heterocycles. The Morgan fingerprint density at radius 1 is 1.05 bits per heavy atom. The van der Waals surface area contributed by atoms with Gasteiger partial charge in [0.05, 0.1) is 4.88 Å². The summed E-state index contributed by atoms with van der Waals surface area (Å²) in [5.41, 5.74) is 3.62. The molecule has 0 saturated carbocycles. The van der Waals surface area contributed by atoms with Gasteiger partial charge in [-0.25, -0.2) is 9.50 Å². The molecule has 0 amide bonds. The van der Waals surface area contributed by atoms with Crippen molar-refractivity contribution in [1.82, 2.24) is 19.6 Å². The standard InChI is InChI=1S/C15H9ClN4S/c16-12-3-4-13-18-14(11-2-1-9-21-11)15(20(13)19-12)10-5-7-17-8-6-10/h1-9H. The van der Waals surface area contributed by atoms with Gasteiger partial charge in [-0.3, -0.25) is 4.98 Å². The molecule has 0 spiro atoms. The maximum absolute atomic E-state index is 6.04. The average Bonchev–Trinajstić information content (AvgIpc) is 3.14. The van der Waals surface area contributed by atoms with Gasteiger partial charge in [-0.15, -0.1) is 11.3 Å². The van der Waals surface area contributed by atoms with Gasteiger partial charge in [0.15, 0.2) is 5.65 Å². The fourth-order valence-electron chi connectivity index (χ4n) is 2.26. The van der Waals surface area contributed by atoms with Crippen molar-refractivity contribution in [3.8, 4) is 21.8 Å². The SMILES string of the molecule is Clc1ccc2nc(-c3cccs3)c(-c3ccncc3)n2n1. The number of aromatic nitrogens is 4. The van der Waals surface area contributed by atoms with Gasteiger partial charge in [-0.1, -0.05) is 17.7 Å². The molecule has 0 aliphatic rings. The first-order valence-corrected chi connectivity index (χ1v) is 7.58. The zero-order valence-corrected chi connectivity index (χ0v) is 12.3. The molecule has 0 radical (unpaired) electrons. The summed E-state index contributed by atoms with van der Waals surface area (Å²) in [5, 5.41) is 6.86. The van der Waals surface area contributed by atoms with Crippen LogP contribution >= 0.6 is 22.9 Å². The van der Waals surface area contributed by atoms with Crippen molar-refractivity contribution in [2.45, 2.75) is 0 Å². The lowest BCUT2D eigenvalue weighted by Gasteiger charge is -2.03. The third kappa shape index (κ3) is 2.11. The lowest BCUT2D eigenvalue weighted by Crippen LogP contribution is -1.94. The highest BCUT2D eigenvalue weighted by molar-refractivity contribution is 7.13. The predicted molar refractivity (Wildman–Crippen MR) is 84.5 cm³/mol. The predicted octanol–water partition coefficient (Wildman–Crippen LogP) is 4.17. The molecule has 4 rings (SSSR count). The Hall–Kier alpha value is -2.24. The lowest BCUT2D eigenvalue weighted by molar-refractivity contribution is 0.943. The molecular formula is C15H9ClN4S. The largest absolute Gasteiger partial charge is 0.265 e. The van der Waals surface area contributed by atoms with Gasteiger partial charge >= 0.3 is 0 Å². The smallest absolute Gasteiger partial charge is 0.155 e. The van der Waals surface area contributed by atoms with Crippen molar-refractivity contribution in [1.29, 1.82) is 0 Å². The fourth-order valence-corrected chi connectivity index (χ4v) is 3.12. The molecule has 0 N–H and O–H groups in total. The van der Waals surface area contributed by atoms with E-state index >= 15 is 0 Å². The third-order valence-electron chi connectivity index (χ3n) is 3.15. The molecule has 0 atom stereocenters. The fraction of sp³-hybridized carbons (Fsp3) is 0. The monoisotopic (exact) mass is 312 g/mol. The second kappa shape index (κ2) is 4.95. The number of halogens is 1. The van der Waals surface area contributed by atoms with E-state index in [0.717, 1.165) is 27.5 Å². The quantitative estimate of drug-likeness (QED) is 0.558. The van der Waals surface area contributed by atoms with Crippen LogP contribution in [0, 0.1) is 0 Å². The van der Waals surface area contributed by atoms with Crippen molar-refractivity contribution < 1.29 is 0 Å². The molecule has 0 fully saturated rings. The number of imidazole rings is 1. The molecule has 0 aromatic carbocycles. The van der Waals surface area contributed by atoms with E-state index < -0.39 is 0 Å². The summed E-state index contributed by atoms with van der Waals surface area (Å²) in [6.45, 7) is 0. The molecule has 6 heteroatoms. The van der Waals surface area contributed by atoms with Crippen LogP contribution in [0.2, 0.25) is 5.15 Å². The molecule has 0 aliphatic carbocycles. The number of rotatable bonds is 2. The van der Waals surface area contributed by atoms with Gasteiger partial charge in [0.1, 0.15) is 16.5 Å². The summed E-state index contributed by atoms with van der Waals surface area (Å²) >= 11 is 7.69. The number of pyridine rings is 1. The van der Waals surface area contributed by atoms with Crippen molar-refractivity contribution in [2.24, 2.45) is 0 Å². The van der Waals surface area contributed by atoms with Gasteiger partial charge in [0, 0.05) is 18.0 Å². The van der Waals surface area contributed by atoms with Gasteiger partial charge in [-0.2, -0.15) is 5.10 Å². The third-order valence-corrected chi connectivity index (χ3v) is 4.23. The Morgan fingerprint density at radius 3 is 2.67 bits per heavy atom. The van der Waals surface area contributed by atoms with Crippen LogP contribution in [0.25, 0.3) is 27.5 Å². The van der Waals surface area contributed by atoms with Crippen molar-refractivity contribution in [3.05, 3.63) is 59.3 Å². The van der Waals surface area contributed by atoms with Crippen LogP contribution in [0.3, 0.4) is 0 Å². The molecule has 21 heavy (non-hydrogen) atoms. The van der Waals surface area contributed by atoms with Crippen molar-refractivity contribution in [2.75, 3.05) is 0 Å². The van der Waals surface area contributed by atoms with Crippen molar-refractivity contribution in [3.63, 3.8) is 0 Å². The summed E-state index contributed by atoms with van der Waals surface area (Å²) in [6, 6.07) is 11.6. The molecule has 0 unspecified atom stereocenters. The highest BCUT2D eigenvalue weighted by atomic mass is 35.5. The Balaban J connectivity index is 2.09. The van der Waals surface area contributed by atoms with Crippen LogP contribution in [-0.2, 0) is 0 Å². The Labute approximate surface area is 129 Å². The van der Waals surface area contributed by atoms with E-state index in [9.17, 15) is 0 Å². The van der Waals surface area contributed by atoms with Crippen LogP contribution in [0.15, 0.2) is 54.2 Å². The number of nitrogens with zero attached hydrogens (tertiary/aromatic N) is 4. The molecule has 4 nitrogen and oxygen atoms in total. The van der Waals surface area contributed by atoms with Crippen LogP contribution in [0.1, 0.15) is 0 Å². The lowest BCUT2D eigenvalue weighted by atomic mass is 10.1. The van der Waals surface area contributed by atoms with E-state index in [1.807, 2.05) is 29.6 Å². The Morgan fingerprint density at radius 2 is 1.90 bits per heavy atom. The topological polar surface area (TPSA) is 43.1 Å². The number of thiophene rings is 1. The number of hydrogen-bond donors (Lipinski definition) is 0. The number of hydrogen-bond acceptors (Lipinski definition) is 4. The maximum Gasteiger partial charge on any atom is 0.155 e. The van der Waals surface area contributed by atoms with E-state index in [1.165, 1.54) is 0 Å². The maximum atomic E-state index is 6.04. The molecule has 4 aromatic heterocycles. The second-order valence-electron chi connectivity index (χ2n) is 4.45. The first-order chi connectivity index (χ1) is 10.3.